The van der Waals surface area contributed by atoms with Gasteiger partial charge >= 0.3 is 26.5 Å². The molecular formula is C93H105O9P. The van der Waals surface area contributed by atoms with Crippen molar-refractivity contribution in [3.8, 4) is 67.9 Å². The summed E-state index contributed by atoms with van der Waals surface area (Å²) in [6.07, 6.45) is 44.0. The number of esters is 3. The Kier molecular flexibility index (Phi) is 16.2. The molecule has 0 N–H and O–H groups in total. The summed E-state index contributed by atoms with van der Waals surface area (Å²) in [5.41, 5.74) is 20.4. The van der Waals surface area contributed by atoms with Crippen molar-refractivity contribution in [3.05, 3.63) is 140 Å². The number of rotatable bonds is 15. The van der Waals surface area contributed by atoms with Crippen LogP contribution in [0.3, 0.4) is 0 Å². The monoisotopic (exact) mass is 1400 g/mol. The molecule has 6 aromatic carbocycles. The van der Waals surface area contributed by atoms with Crippen LogP contribution in [-0.4, -0.2) is 17.9 Å². The minimum Gasteiger partial charge on any atom is -0.425 e. The second-order valence-electron chi connectivity index (χ2n) is 37.0. The van der Waals surface area contributed by atoms with E-state index in [0.717, 1.165) is 245 Å². The maximum Gasteiger partial charge on any atom is 0.530 e. The molecule has 536 valence electrons. The average molecular weight is 1400 g/mol. The van der Waals surface area contributed by atoms with Crippen molar-refractivity contribution in [1.29, 1.82) is 0 Å². The molecule has 0 aromatic heterocycles. The maximum atomic E-state index is 15.6. The summed E-state index contributed by atoms with van der Waals surface area (Å²) in [5.74, 6) is 9.42. The summed E-state index contributed by atoms with van der Waals surface area (Å²) < 4.78 is 45.9. The average Bonchev–Trinajstić information content (AvgIpc) is 0.777. The number of aryl methyl sites for hydroxylation is 6. The van der Waals surface area contributed by atoms with Crippen LogP contribution in [0, 0.1) is 69.5 Å². The zero-order valence-corrected chi connectivity index (χ0v) is 61.8. The van der Waals surface area contributed by atoms with Crippen molar-refractivity contribution in [3.63, 3.8) is 0 Å². The van der Waals surface area contributed by atoms with Gasteiger partial charge in [-0.2, -0.15) is 0 Å². The summed E-state index contributed by atoms with van der Waals surface area (Å²) in [5, 5.41) is 0. The van der Waals surface area contributed by atoms with E-state index in [9.17, 15) is 0 Å². The summed E-state index contributed by atoms with van der Waals surface area (Å²) in [6, 6.07) is 26.9. The predicted octanol–water partition coefficient (Wildman–Crippen LogP) is 22.1. The first-order valence-electron chi connectivity index (χ1n) is 41.9. The molecule has 9 nitrogen and oxygen atoms in total. The molecule has 18 aliphatic carbocycles. The van der Waals surface area contributed by atoms with Crippen LogP contribution in [0.25, 0.3) is 33.4 Å². The highest BCUT2D eigenvalue weighted by molar-refractivity contribution is 7.43. The van der Waals surface area contributed by atoms with Gasteiger partial charge in [0.25, 0.3) is 0 Å². The van der Waals surface area contributed by atoms with Crippen molar-refractivity contribution in [2.45, 2.75) is 270 Å². The number of hydrogen-bond acceptors (Lipinski definition) is 9. The Morgan fingerprint density at radius 2 is 0.417 bits per heavy atom. The second kappa shape index (κ2) is 25.6. The zero-order chi connectivity index (χ0) is 68.3. The van der Waals surface area contributed by atoms with E-state index in [0.29, 0.717) is 87.8 Å². The van der Waals surface area contributed by atoms with Gasteiger partial charge in [-0.1, -0.05) is 36.4 Å². The number of carbonyl (C=O) groups excluding carboxylic acids is 3. The number of fused-ring (bicyclic) bond motifs is 6. The van der Waals surface area contributed by atoms with Gasteiger partial charge in [0.15, 0.2) is 0 Å². The summed E-state index contributed by atoms with van der Waals surface area (Å²) in [7, 11) is -2.44. The molecule has 12 saturated carbocycles. The molecule has 0 heterocycles. The molecule has 0 unspecified atom stereocenters. The predicted molar refractivity (Wildman–Crippen MR) is 403 cm³/mol. The van der Waals surface area contributed by atoms with Gasteiger partial charge in [0, 0.05) is 33.4 Å². The van der Waals surface area contributed by atoms with Crippen molar-refractivity contribution in [1.82, 2.24) is 0 Å². The minimum atomic E-state index is -2.44. The highest BCUT2D eigenvalue weighted by Gasteiger charge is 2.59. The molecule has 0 radical (unpaired) electrons. The number of benzene rings is 6. The summed E-state index contributed by atoms with van der Waals surface area (Å²) in [6.45, 7) is 0. The van der Waals surface area contributed by atoms with Gasteiger partial charge in [-0.15, -0.1) is 0 Å². The molecule has 103 heavy (non-hydrogen) atoms. The third-order valence-electron chi connectivity index (χ3n) is 30.3. The number of carbonyl (C=O) groups is 3. The standard InChI is InChI=1S/C93H105O9P/c94-88(91-46-55-37-56(47-91)39-57(38-55)48-91)97-76-31-25-64-13-1-7-19-70(64)82(76)85-73-22-10-4-16-67(73)28-34-79(85)100-103(101-80-35-29-68-17-5-11-23-74(68)86(80)83-71-20-8-2-14-65(71)26-32-77(83)98-89(95)92-49-58-40-59(50-92)42-60(41-58)51-92)102-81-36-30-69-18-6-12-24-75(69)87(81)84-72-21-9-3-15-66(72)27-33-78(84)99-90(96)93-52-61-43-62(53-93)45-63(44-61)54-93/h25-36,55-63H,1-24,37-54H2. The molecule has 24 rings (SSSR count). The Hall–Kier alpha value is -6.44. The van der Waals surface area contributed by atoms with E-state index >= 15 is 14.4 Å². The molecule has 6 aromatic rings. The fourth-order valence-electron chi connectivity index (χ4n) is 27.0. The molecule has 0 aliphatic heterocycles. The van der Waals surface area contributed by atoms with Crippen LogP contribution < -0.4 is 27.8 Å². The van der Waals surface area contributed by atoms with E-state index in [1.54, 1.807) is 0 Å². The van der Waals surface area contributed by atoms with Gasteiger partial charge in [0.05, 0.1) is 16.2 Å². The Morgan fingerprint density at radius 3 is 0.621 bits per heavy atom. The Balaban J connectivity index is 0.745. The maximum absolute atomic E-state index is 15.6. The molecular weight excluding hydrogens is 1290 g/mol. The smallest absolute Gasteiger partial charge is 0.425 e. The van der Waals surface area contributed by atoms with Crippen molar-refractivity contribution in [2.75, 3.05) is 0 Å². The second-order valence-corrected chi connectivity index (χ2v) is 38.0. The van der Waals surface area contributed by atoms with Crippen LogP contribution in [0.2, 0.25) is 0 Å². The Bertz CT molecular complexity index is 3920. The van der Waals surface area contributed by atoms with Crippen molar-refractivity contribution >= 4 is 26.5 Å². The van der Waals surface area contributed by atoms with Gasteiger partial charge in [0.2, 0.25) is 0 Å². The lowest BCUT2D eigenvalue weighted by Crippen LogP contribution is -2.51. The molecule has 12 bridgehead atoms. The molecule has 0 atom stereocenters. The van der Waals surface area contributed by atoms with E-state index in [1.165, 1.54) is 125 Å². The Labute approximate surface area is 611 Å². The van der Waals surface area contributed by atoms with E-state index < -0.39 is 24.8 Å². The molecule has 12 fully saturated rings. The first-order valence-corrected chi connectivity index (χ1v) is 43.0. The van der Waals surface area contributed by atoms with Crippen LogP contribution in [0.15, 0.2) is 72.8 Å². The van der Waals surface area contributed by atoms with E-state index in [-0.39, 0.29) is 17.9 Å². The van der Waals surface area contributed by atoms with Gasteiger partial charge in [-0.3, -0.25) is 14.4 Å². The van der Waals surface area contributed by atoms with E-state index in [4.69, 9.17) is 27.8 Å². The SMILES string of the molecule is O=C(Oc1ccc2c(c1-c1c(OP(Oc3ccc4c(c3-c3c(OC(=O)C56CC7CC(CC(C7)C5)C6)ccc5c3CCCC5)CCCC4)Oc3ccc4c(c3-c3c(OC(=O)C56CC7CC(CC(C7)C5)C6)ccc5c3CCCC5)CCCC4)ccc3c1CCCC3)CCCC2)C12CC3CC(CC(C3)C1)C2. The highest BCUT2D eigenvalue weighted by Crippen LogP contribution is 2.65. The van der Waals surface area contributed by atoms with Crippen LogP contribution in [0.1, 0.15) is 259 Å². The van der Waals surface area contributed by atoms with Gasteiger partial charge < -0.3 is 27.8 Å². The molecule has 18 aliphatic rings. The topological polar surface area (TPSA) is 107 Å². The van der Waals surface area contributed by atoms with Crippen LogP contribution in [0.4, 0.5) is 0 Å². The van der Waals surface area contributed by atoms with Crippen LogP contribution >= 0.6 is 8.60 Å². The van der Waals surface area contributed by atoms with Gasteiger partial charge in [-0.05, 0) is 426 Å². The van der Waals surface area contributed by atoms with Gasteiger partial charge in [-0.25, -0.2) is 0 Å². The first-order chi connectivity index (χ1) is 50.5. The number of hydrogen-bond donors (Lipinski definition) is 0. The normalized spacial score (nSPS) is 31.5. The highest BCUT2D eigenvalue weighted by atomic mass is 31.2. The summed E-state index contributed by atoms with van der Waals surface area (Å²) in [4.78, 5) is 46.7. The molecule has 10 heteroatoms. The molecule has 0 spiro atoms. The lowest BCUT2D eigenvalue weighted by atomic mass is 9.49. The fourth-order valence-corrected chi connectivity index (χ4v) is 28.0. The Morgan fingerprint density at radius 1 is 0.243 bits per heavy atom. The molecule has 0 amide bonds. The fraction of sp³-hybridized carbons (Fsp3) is 0.581. The lowest BCUT2D eigenvalue weighted by Gasteiger charge is -2.55. The largest absolute Gasteiger partial charge is 0.530 e. The number of ether oxygens (including phenoxy) is 3. The van der Waals surface area contributed by atoms with Crippen LogP contribution in [0.5, 0.6) is 34.5 Å². The van der Waals surface area contributed by atoms with E-state index in [2.05, 4.69) is 72.8 Å². The lowest BCUT2D eigenvalue weighted by molar-refractivity contribution is -0.162. The van der Waals surface area contributed by atoms with E-state index in [1.807, 2.05) is 0 Å². The third-order valence-corrected chi connectivity index (χ3v) is 31.3. The van der Waals surface area contributed by atoms with Crippen molar-refractivity contribution < 1.29 is 42.2 Å². The summed E-state index contributed by atoms with van der Waals surface area (Å²) >= 11 is 0. The zero-order valence-electron chi connectivity index (χ0n) is 60.9. The molecule has 0 saturated heterocycles. The minimum absolute atomic E-state index is 0.0261. The van der Waals surface area contributed by atoms with Crippen LogP contribution in [-0.2, 0) is 91.4 Å². The van der Waals surface area contributed by atoms with Gasteiger partial charge in [0.1, 0.15) is 34.5 Å². The third kappa shape index (κ3) is 11.3. The quantitative estimate of drug-likeness (QED) is 0.0564. The first kappa shape index (κ1) is 64.9. The van der Waals surface area contributed by atoms with Crippen molar-refractivity contribution in [2.24, 2.45) is 69.5 Å².